The molecule has 2 N–H and O–H groups in total. The molecule has 1 aliphatic heterocycles. The number of nitrogens with zero attached hydrogens (tertiary/aromatic N) is 3. The molecule has 174 valence electrons. The van der Waals surface area contributed by atoms with E-state index in [9.17, 15) is 14.0 Å². The molecule has 0 fully saturated rings. The smallest absolute Gasteiger partial charge is 0.272 e. The van der Waals surface area contributed by atoms with Crippen molar-refractivity contribution in [3.63, 3.8) is 0 Å². The number of amides is 2. The lowest BCUT2D eigenvalue weighted by molar-refractivity contribution is -0.119. The Labute approximate surface area is 193 Å². The molecule has 1 atom stereocenters. The maximum atomic E-state index is 14.7. The minimum absolute atomic E-state index is 0.162. The fourth-order valence-electron chi connectivity index (χ4n) is 3.82. The first-order valence-electron chi connectivity index (χ1n) is 10.8. The van der Waals surface area contributed by atoms with Gasteiger partial charge < -0.3 is 20.1 Å². The maximum absolute atomic E-state index is 14.7. The Morgan fingerprint density at radius 3 is 2.66 bits per heavy atom. The maximum Gasteiger partial charge on any atom is 0.272 e. The van der Waals surface area contributed by atoms with Crippen LogP contribution in [0.15, 0.2) is 18.2 Å². The van der Waals surface area contributed by atoms with E-state index >= 15 is 0 Å². The summed E-state index contributed by atoms with van der Waals surface area (Å²) in [5, 5.41) is 6.22. The summed E-state index contributed by atoms with van der Waals surface area (Å²) < 4.78 is 16.6. The van der Waals surface area contributed by atoms with Crippen molar-refractivity contribution in [3.05, 3.63) is 40.4 Å². The van der Waals surface area contributed by atoms with Gasteiger partial charge in [-0.15, -0.1) is 0 Å². The molecule has 9 heteroatoms. The van der Waals surface area contributed by atoms with E-state index in [1.54, 1.807) is 0 Å². The first-order chi connectivity index (χ1) is 15.0. The second-order valence-corrected chi connectivity index (χ2v) is 9.86. The number of halogens is 2. The predicted molar refractivity (Wildman–Crippen MR) is 123 cm³/mol. The van der Waals surface area contributed by atoms with E-state index in [1.165, 1.54) is 25.1 Å². The molecule has 0 saturated heterocycles. The molecule has 32 heavy (non-hydrogen) atoms. The molecule has 0 aliphatic carbocycles. The van der Waals surface area contributed by atoms with Crippen LogP contribution in [0.2, 0.25) is 5.02 Å². The summed E-state index contributed by atoms with van der Waals surface area (Å²) in [5.74, 6) is -0.549. The van der Waals surface area contributed by atoms with E-state index in [0.29, 0.717) is 30.5 Å². The zero-order valence-corrected chi connectivity index (χ0v) is 20.0. The second kappa shape index (κ2) is 9.58. The van der Waals surface area contributed by atoms with Gasteiger partial charge in [-0.3, -0.25) is 9.59 Å². The van der Waals surface area contributed by atoms with Crippen molar-refractivity contribution >= 4 is 23.4 Å². The Hall–Kier alpha value is -2.45. The Balaban J connectivity index is 2.03. The summed E-state index contributed by atoms with van der Waals surface area (Å²) in [7, 11) is 1.98. The van der Waals surface area contributed by atoms with Gasteiger partial charge in [0.2, 0.25) is 5.91 Å². The van der Waals surface area contributed by atoms with Gasteiger partial charge in [0.1, 0.15) is 11.6 Å². The molecular weight excluding hydrogens is 433 g/mol. The molecule has 0 saturated carbocycles. The molecule has 2 aromatic rings. The molecule has 0 spiro atoms. The summed E-state index contributed by atoms with van der Waals surface area (Å²) in [6, 6.07) is 4.03. The fourth-order valence-corrected chi connectivity index (χ4v) is 4.00. The lowest BCUT2D eigenvalue weighted by atomic mass is 9.86. The minimum atomic E-state index is -0.440. The lowest BCUT2D eigenvalue weighted by Gasteiger charge is -2.31. The number of hydrogen-bond donors (Lipinski definition) is 2. The number of rotatable bonds is 5. The van der Waals surface area contributed by atoms with Crippen molar-refractivity contribution < 1.29 is 14.0 Å². The van der Waals surface area contributed by atoms with Crippen molar-refractivity contribution in [3.8, 4) is 11.4 Å². The van der Waals surface area contributed by atoms with Crippen LogP contribution in [0.1, 0.15) is 50.3 Å². The van der Waals surface area contributed by atoms with Gasteiger partial charge in [0.15, 0.2) is 5.69 Å². The Morgan fingerprint density at radius 2 is 2.00 bits per heavy atom. The van der Waals surface area contributed by atoms with Gasteiger partial charge in [-0.1, -0.05) is 32.4 Å². The molecule has 0 bridgehead atoms. The van der Waals surface area contributed by atoms with E-state index in [0.717, 1.165) is 18.7 Å². The first kappa shape index (κ1) is 24.2. The van der Waals surface area contributed by atoms with E-state index in [4.69, 9.17) is 11.6 Å². The highest BCUT2D eigenvalue weighted by Gasteiger charge is 2.31. The quantitative estimate of drug-likeness (QED) is 0.711. The van der Waals surface area contributed by atoms with E-state index < -0.39 is 5.82 Å². The average Bonchev–Trinajstić information content (AvgIpc) is 2.92. The zero-order chi connectivity index (χ0) is 23.6. The van der Waals surface area contributed by atoms with Gasteiger partial charge in [0, 0.05) is 31.6 Å². The fraction of sp³-hybridized carbons (Fsp3) is 0.522. The van der Waals surface area contributed by atoms with Crippen LogP contribution in [0.4, 0.5) is 4.39 Å². The number of fused-ring (bicyclic) bond motifs is 1. The molecule has 7 nitrogen and oxygen atoms in total. The van der Waals surface area contributed by atoms with Crippen molar-refractivity contribution in [2.75, 3.05) is 20.1 Å². The standard InChI is InChI=1S/C23H31ClFN5O2/c1-14(31)26-12-19(23(2,3)4)27-22(32)20-18-13-29(5)9-6-10-30(18)21(28-20)16-11-15(24)7-8-17(16)25/h7-8,11,19H,6,9-10,12-13H2,1-5H3,(H,26,31)(H,27,32). The number of carbonyl (C=O) groups is 2. The van der Waals surface area contributed by atoms with Crippen molar-refractivity contribution in [1.29, 1.82) is 0 Å². The normalized spacial score (nSPS) is 15.6. The van der Waals surface area contributed by atoms with Crippen LogP contribution in [-0.4, -0.2) is 52.4 Å². The average molecular weight is 464 g/mol. The molecular formula is C23H31ClFN5O2. The van der Waals surface area contributed by atoms with Crippen molar-refractivity contribution in [2.45, 2.75) is 53.2 Å². The number of nitrogens with one attached hydrogen (secondary N) is 2. The molecule has 3 rings (SSSR count). The van der Waals surface area contributed by atoms with Crippen LogP contribution in [0.25, 0.3) is 11.4 Å². The Bertz CT molecular complexity index is 1010. The highest BCUT2D eigenvalue weighted by atomic mass is 35.5. The third kappa shape index (κ3) is 5.48. The Morgan fingerprint density at radius 1 is 1.28 bits per heavy atom. The Kier molecular flexibility index (Phi) is 7.25. The molecule has 2 heterocycles. The van der Waals surface area contributed by atoms with Gasteiger partial charge in [0.25, 0.3) is 5.91 Å². The SMILES string of the molecule is CC(=O)NCC(NC(=O)c1nc(-c2cc(Cl)ccc2F)n2c1CN(C)CCC2)C(C)(C)C. The van der Waals surface area contributed by atoms with Gasteiger partial charge in [0.05, 0.1) is 17.3 Å². The molecule has 0 radical (unpaired) electrons. The summed E-state index contributed by atoms with van der Waals surface area (Å²) >= 11 is 6.13. The van der Waals surface area contributed by atoms with Crippen LogP contribution in [0.3, 0.4) is 0 Å². The van der Waals surface area contributed by atoms with E-state index in [-0.39, 0.29) is 34.5 Å². The van der Waals surface area contributed by atoms with Gasteiger partial charge >= 0.3 is 0 Å². The van der Waals surface area contributed by atoms with Gasteiger partial charge in [-0.25, -0.2) is 9.37 Å². The summed E-state index contributed by atoms with van der Waals surface area (Å²) in [5.41, 5.74) is 0.982. The monoisotopic (exact) mass is 463 g/mol. The second-order valence-electron chi connectivity index (χ2n) is 9.43. The highest BCUT2D eigenvalue weighted by molar-refractivity contribution is 6.30. The van der Waals surface area contributed by atoms with Crippen LogP contribution >= 0.6 is 11.6 Å². The highest BCUT2D eigenvalue weighted by Crippen LogP contribution is 2.30. The summed E-state index contributed by atoms with van der Waals surface area (Å²) in [6.45, 7) is 9.72. The molecule has 1 aromatic carbocycles. The molecule has 1 unspecified atom stereocenters. The third-order valence-electron chi connectivity index (χ3n) is 5.70. The van der Waals surface area contributed by atoms with Gasteiger partial charge in [-0.2, -0.15) is 0 Å². The number of benzene rings is 1. The largest absolute Gasteiger partial charge is 0.354 e. The number of hydrogen-bond acceptors (Lipinski definition) is 4. The minimum Gasteiger partial charge on any atom is -0.354 e. The predicted octanol–water partition coefficient (Wildman–Crippen LogP) is 3.46. The van der Waals surface area contributed by atoms with Crippen LogP contribution in [0.5, 0.6) is 0 Å². The lowest BCUT2D eigenvalue weighted by Crippen LogP contribution is -2.50. The van der Waals surface area contributed by atoms with Crippen molar-refractivity contribution in [2.24, 2.45) is 5.41 Å². The summed E-state index contributed by atoms with van der Waals surface area (Å²) in [6.07, 6.45) is 0.850. The number of imidazole rings is 1. The third-order valence-corrected chi connectivity index (χ3v) is 5.94. The van der Waals surface area contributed by atoms with Gasteiger partial charge in [-0.05, 0) is 43.6 Å². The molecule has 1 aromatic heterocycles. The van der Waals surface area contributed by atoms with Crippen LogP contribution in [0, 0.1) is 11.2 Å². The topological polar surface area (TPSA) is 79.3 Å². The van der Waals surface area contributed by atoms with E-state index in [2.05, 4.69) is 20.5 Å². The molecule has 1 aliphatic rings. The summed E-state index contributed by atoms with van der Waals surface area (Å²) in [4.78, 5) is 31.5. The first-order valence-corrected chi connectivity index (χ1v) is 11.1. The van der Waals surface area contributed by atoms with Crippen molar-refractivity contribution in [1.82, 2.24) is 25.1 Å². The number of carbonyl (C=O) groups excluding carboxylic acids is 2. The van der Waals surface area contributed by atoms with E-state index in [1.807, 2.05) is 32.4 Å². The number of aromatic nitrogens is 2. The van der Waals surface area contributed by atoms with Crippen LogP contribution in [-0.2, 0) is 17.9 Å². The van der Waals surface area contributed by atoms with Crippen LogP contribution < -0.4 is 10.6 Å². The molecule has 2 amide bonds. The zero-order valence-electron chi connectivity index (χ0n) is 19.3.